The molecule has 0 unspecified atom stereocenters. The van der Waals surface area contributed by atoms with Crippen LogP contribution in [-0.2, 0) is 16.4 Å². The van der Waals surface area contributed by atoms with E-state index < -0.39 is 10.0 Å². The van der Waals surface area contributed by atoms with Crippen molar-refractivity contribution < 1.29 is 13.5 Å². The van der Waals surface area contributed by atoms with E-state index >= 15 is 0 Å². The Morgan fingerprint density at radius 1 is 1.18 bits per heavy atom. The molecule has 0 fully saturated rings. The predicted octanol–water partition coefficient (Wildman–Crippen LogP) is 2.46. The Kier molecular flexibility index (Phi) is 3.90. The smallest absolute Gasteiger partial charge is 0.269 e. The molecule has 2 heterocycles. The normalized spacial score (nSPS) is 11.9. The molecule has 7 heteroatoms. The first kappa shape index (κ1) is 15.0. The summed E-state index contributed by atoms with van der Waals surface area (Å²) in [5.41, 5.74) is 0.710. The molecule has 0 saturated heterocycles. The van der Waals surface area contributed by atoms with Gasteiger partial charge >= 0.3 is 0 Å². The second-order valence-corrected chi connectivity index (χ2v) is 6.92. The van der Waals surface area contributed by atoms with E-state index in [1.54, 1.807) is 30.3 Å². The standard InChI is InChI=1S/C15H13ClN2O3S/c16-14-6-8-17-15-13(14)10-11(7-9-19)18(15)22(20,21)12-4-2-1-3-5-12/h1-6,8,10,19H,7,9H2. The number of hydrogen-bond acceptors (Lipinski definition) is 4. The van der Waals surface area contributed by atoms with Gasteiger partial charge in [-0.2, -0.15) is 0 Å². The van der Waals surface area contributed by atoms with Crippen molar-refractivity contribution in [2.45, 2.75) is 11.3 Å². The van der Waals surface area contributed by atoms with E-state index in [9.17, 15) is 13.5 Å². The van der Waals surface area contributed by atoms with E-state index in [1.165, 1.54) is 18.3 Å². The highest BCUT2D eigenvalue weighted by Crippen LogP contribution is 2.29. The number of halogens is 1. The fraction of sp³-hybridized carbons (Fsp3) is 0.133. The second kappa shape index (κ2) is 5.72. The van der Waals surface area contributed by atoms with E-state index in [2.05, 4.69) is 4.98 Å². The SMILES string of the molecule is O=S(=O)(c1ccccc1)n1c(CCO)cc2c(Cl)ccnc21. The summed E-state index contributed by atoms with van der Waals surface area (Å²) in [5, 5.41) is 10.2. The van der Waals surface area contributed by atoms with Crippen LogP contribution in [0.3, 0.4) is 0 Å². The third-order valence-electron chi connectivity index (χ3n) is 3.33. The number of aliphatic hydroxyl groups is 1. The zero-order chi connectivity index (χ0) is 15.7. The number of benzene rings is 1. The highest BCUT2D eigenvalue weighted by molar-refractivity contribution is 7.90. The molecule has 0 aliphatic carbocycles. The molecule has 114 valence electrons. The van der Waals surface area contributed by atoms with E-state index in [4.69, 9.17) is 11.6 Å². The topological polar surface area (TPSA) is 72.2 Å². The Morgan fingerprint density at radius 3 is 2.59 bits per heavy atom. The lowest BCUT2D eigenvalue weighted by molar-refractivity contribution is 0.298. The molecule has 0 aliphatic rings. The van der Waals surface area contributed by atoms with Gasteiger partial charge in [0.1, 0.15) is 0 Å². The number of aliphatic hydroxyl groups excluding tert-OH is 1. The van der Waals surface area contributed by atoms with Gasteiger partial charge in [0.25, 0.3) is 10.0 Å². The van der Waals surface area contributed by atoms with Crippen LogP contribution in [0.1, 0.15) is 5.69 Å². The van der Waals surface area contributed by atoms with Gasteiger partial charge in [-0.25, -0.2) is 17.4 Å². The van der Waals surface area contributed by atoms with Crippen molar-refractivity contribution in [2.24, 2.45) is 0 Å². The molecule has 22 heavy (non-hydrogen) atoms. The summed E-state index contributed by atoms with van der Waals surface area (Å²) >= 11 is 6.13. The van der Waals surface area contributed by atoms with Gasteiger partial charge in [-0.15, -0.1) is 0 Å². The van der Waals surface area contributed by atoms with Crippen LogP contribution in [0.2, 0.25) is 5.02 Å². The first-order valence-electron chi connectivity index (χ1n) is 6.62. The van der Waals surface area contributed by atoms with Gasteiger partial charge < -0.3 is 5.11 Å². The fourth-order valence-corrected chi connectivity index (χ4v) is 4.08. The van der Waals surface area contributed by atoms with E-state index in [0.717, 1.165) is 3.97 Å². The van der Waals surface area contributed by atoms with Crippen molar-refractivity contribution in [3.8, 4) is 0 Å². The summed E-state index contributed by atoms with van der Waals surface area (Å²) in [4.78, 5) is 4.32. The first-order valence-corrected chi connectivity index (χ1v) is 8.44. The van der Waals surface area contributed by atoms with Crippen LogP contribution >= 0.6 is 11.6 Å². The quantitative estimate of drug-likeness (QED) is 0.794. The number of rotatable bonds is 4. The minimum atomic E-state index is -3.81. The largest absolute Gasteiger partial charge is 0.396 e. The van der Waals surface area contributed by atoms with E-state index in [-0.39, 0.29) is 23.6 Å². The van der Waals surface area contributed by atoms with Gasteiger partial charge in [-0.3, -0.25) is 0 Å². The van der Waals surface area contributed by atoms with Gasteiger partial charge in [-0.1, -0.05) is 29.8 Å². The highest BCUT2D eigenvalue weighted by atomic mass is 35.5. The Morgan fingerprint density at radius 2 is 1.91 bits per heavy atom. The summed E-state index contributed by atoms with van der Waals surface area (Å²) in [6.45, 7) is -0.168. The molecule has 5 nitrogen and oxygen atoms in total. The molecule has 0 bridgehead atoms. The first-order chi connectivity index (χ1) is 10.6. The van der Waals surface area contributed by atoms with Crippen molar-refractivity contribution in [1.29, 1.82) is 0 Å². The average molecular weight is 337 g/mol. The Labute approximate surface area is 132 Å². The van der Waals surface area contributed by atoms with Crippen LogP contribution in [-0.4, -0.2) is 29.1 Å². The summed E-state index contributed by atoms with van der Waals surface area (Å²) in [5.74, 6) is 0. The summed E-state index contributed by atoms with van der Waals surface area (Å²) in [7, 11) is -3.81. The van der Waals surface area contributed by atoms with E-state index in [0.29, 0.717) is 16.1 Å². The average Bonchev–Trinajstić information content (AvgIpc) is 2.89. The number of fused-ring (bicyclic) bond motifs is 1. The van der Waals surface area contributed by atoms with Crippen LogP contribution in [0.4, 0.5) is 0 Å². The lowest BCUT2D eigenvalue weighted by Crippen LogP contribution is -2.16. The van der Waals surface area contributed by atoms with Crippen molar-refractivity contribution in [3.63, 3.8) is 0 Å². The highest BCUT2D eigenvalue weighted by Gasteiger charge is 2.24. The van der Waals surface area contributed by atoms with Crippen LogP contribution < -0.4 is 0 Å². The molecule has 1 aromatic carbocycles. The minimum absolute atomic E-state index is 0.161. The molecular weight excluding hydrogens is 324 g/mol. The van der Waals surface area contributed by atoms with Gasteiger partial charge in [0.15, 0.2) is 5.65 Å². The van der Waals surface area contributed by atoms with Crippen LogP contribution in [0.25, 0.3) is 11.0 Å². The zero-order valence-corrected chi connectivity index (χ0v) is 13.0. The zero-order valence-electron chi connectivity index (χ0n) is 11.5. The third kappa shape index (κ3) is 2.39. The number of hydrogen-bond donors (Lipinski definition) is 1. The molecule has 3 rings (SSSR count). The molecule has 0 amide bonds. The number of aromatic nitrogens is 2. The van der Waals surface area contributed by atoms with Gasteiger partial charge in [0.2, 0.25) is 0 Å². The Balaban J connectivity index is 2.34. The molecule has 0 spiro atoms. The molecule has 2 aromatic heterocycles. The Hall–Kier alpha value is -1.89. The van der Waals surface area contributed by atoms with Crippen molar-refractivity contribution in [3.05, 3.63) is 59.4 Å². The summed E-state index contributed by atoms with van der Waals surface area (Å²) in [6.07, 6.45) is 1.66. The molecule has 1 N–H and O–H groups in total. The Bertz CT molecular complexity index is 921. The van der Waals surface area contributed by atoms with E-state index in [1.807, 2.05) is 0 Å². The third-order valence-corrected chi connectivity index (χ3v) is 5.42. The van der Waals surface area contributed by atoms with Gasteiger partial charge in [0.05, 0.1) is 9.92 Å². The number of nitrogens with zero attached hydrogens (tertiary/aromatic N) is 2. The second-order valence-electron chi connectivity index (χ2n) is 4.72. The maximum absolute atomic E-state index is 12.9. The summed E-state index contributed by atoms with van der Waals surface area (Å²) < 4.78 is 27.0. The summed E-state index contributed by atoms with van der Waals surface area (Å²) in [6, 6.07) is 11.4. The van der Waals surface area contributed by atoms with Crippen molar-refractivity contribution >= 4 is 32.7 Å². The molecule has 0 atom stereocenters. The lowest BCUT2D eigenvalue weighted by atomic mass is 10.3. The minimum Gasteiger partial charge on any atom is -0.396 e. The van der Waals surface area contributed by atoms with Crippen molar-refractivity contribution in [1.82, 2.24) is 8.96 Å². The molecule has 0 aliphatic heterocycles. The van der Waals surface area contributed by atoms with Crippen LogP contribution in [0.5, 0.6) is 0 Å². The monoisotopic (exact) mass is 336 g/mol. The van der Waals surface area contributed by atoms with Crippen LogP contribution in [0, 0.1) is 0 Å². The molecule has 3 aromatic rings. The maximum atomic E-state index is 12.9. The molecule has 0 saturated carbocycles. The van der Waals surface area contributed by atoms with Crippen LogP contribution in [0.15, 0.2) is 53.6 Å². The van der Waals surface area contributed by atoms with Gasteiger partial charge in [-0.05, 0) is 24.3 Å². The maximum Gasteiger partial charge on any atom is 0.269 e. The van der Waals surface area contributed by atoms with Gasteiger partial charge in [0, 0.05) is 30.3 Å². The number of pyridine rings is 1. The molecular formula is C15H13ClN2O3S. The lowest BCUT2D eigenvalue weighted by Gasteiger charge is -2.10. The predicted molar refractivity (Wildman–Crippen MR) is 84.6 cm³/mol. The van der Waals surface area contributed by atoms with Crippen molar-refractivity contribution in [2.75, 3.05) is 6.61 Å². The molecule has 0 radical (unpaired) electrons. The fourth-order valence-electron chi connectivity index (χ4n) is 2.35.